The summed E-state index contributed by atoms with van der Waals surface area (Å²) in [6.07, 6.45) is 4.86. The number of rotatable bonds is 2. The predicted octanol–water partition coefficient (Wildman–Crippen LogP) is 0.362. The van der Waals surface area contributed by atoms with Gasteiger partial charge in [-0.05, 0) is 24.3 Å². The van der Waals surface area contributed by atoms with Crippen molar-refractivity contribution in [3.8, 4) is 0 Å². The van der Waals surface area contributed by atoms with Crippen LogP contribution >= 0.6 is 0 Å². The van der Waals surface area contributed by atoms with Gasteiger partial charge in [0.1, 0.15) is 0 Å². The molecule has 2 aliphatic carbocycles. The normalized spacial score (nSPS) is 32.9. The summed E-state index contributed by atoms with van der Waals surface area (Å²) < 4.78 is 0. The minimum absolute atomic E-state index is 0.108. The van der Waals surface area contributed by atoms with Gasteiger partial charge in [0.05, 0.1) is 23.5 Å². The summed E-state index contributed by atoms with van der Waals surface area (Å²) in [5.74, 6) is -2.40. The smallest absolute Gasteiger partial charge is 0.238 e. The number of hydrogen-bond acceptors (Lipinski definition) is 4. The Morgan fingerprint density at radius 1 is 1.05 bits per heavy atom. The standard InChI is InChI=1S/C16H13NO4/c18-14-12-8-5-6-9(7-8)13(12)15(19)17(14)11-4-2-1-3-10(11)16(20)21/h1-6,8-9,12-13H,7H2,(H,20,21)/p-1. The van der Waals surface area contributed by atoms with E-state index in [0.717, 1.165) is 11.3 Å². The molecule has 4 atom stereocenters. The molecule has 5 nitrogen and oxygen atoms in total. The van der Waals surface area contributed by atoms with E-state index in [4.69, 9.17) is 0 Å². The Kier molecular flexibility index (Phi) is 2.37. The van der Waals surface area contributed by atoms with Crippen molar-refractivity contribution in [1.29, 1.82) is 0 Å². The summed E-state index contributed by atoms with van der Waals surface area (Å²) >= 11 is 0. The number of benzene rings is 1. The molecule has 5 heteroatoms. The lowest BCUT2D eigenvalue weighted by atomic mass is 9.85. The van der Waals surface area contributed by atoms with E-state index in [1.54, 1.807) is 12.1 Å². The lowest BCUT2D eigenvalue weighted by molar-refractivity contribution is -0.254. The highest BCUT2D eigenvalue weighted by Crippen LogP contribution is 2.53. The first-order valence-corrected chi connectivity index (χ1v) is 6.96. The van der Waals surface area contributed by atoms with Crippen molar-refractivity contribution in [2.24, 2.45) is 23.7 Å². The average Bonchev–Trinajstić information content (AvgIpc) is 3.13. The van der Waals surface area contributed by atoms with Crippen molar-refractivity contribution in [2.75, 3.05) is 4.90 Å². The van der Waals surface area contributed by atoms with Crippen LogP contribution in [-0.4, -0.2) is 17.8 Å². The monoisotopic (exact) mass is 282 g/mol. The van der Waals surface area contributed by atoms with E-state index in [1.807, 2.05) is 12.2 Å². The first-order chi connectivity index (χ1) is 10.1. The number of allylic oxidation sites excluding steroid dienone is 2. The molecule has 2 amide bonds. The zero-order valence-electron chi connectivity index (χ0n) is 11.1. The first kappa shape index (κ1) is 12.3. The molecule has 0 aromatic heterocycles. The number of hydrogen-bond donors (Lipinski definition) is 0. The molecule has 0 N–H and O–H groups in total. The fourth-order valence-corrected chi connectivity index (χ4v) is 3.98. The molecule has 1 aromatic carbocycles. The number of carbonyl (C=O) groups excluding carboxylic acids is 3. The van der Waals surface area contributed by atoms with Crippen LogP contribution < -0.4 is 10.0 Å². The van der Waals surface area contributed by atoms with Crippen LogP contribution in [0.3, 0.4) is 0 Å². The molecule has 3 aliphatic rings. The highest BCUT2D eigenvalue weighted by atomic mass is 16.4. The molecule has 4 rings (SSSR count). The van der Waals surface area contributed by atoms with Crippen LogP contribution in [0.1, 0.15) is 16.8 Å². The molecule has 1 aliphatic heterocycles. The van der Waals surface area contributed by atoms with Gasteiger partial charge in [-0.15, -0.1) is 0 Å². The maximum absolute atomic E-state index is 12.6. The molecule has 0 spiro atoms. The molecule has 21 heavy (non-hydrogen) atoms. The lowest BCUT2D eigenvalue weighted by Gasteiger charge is -2.20. The fourth-order valence-electron chi connectivity index (χ4n) is 3.98. The van der Waals surface area contributed by atoms with Gasteiger partial charge in [-0.1, -0.05) is 30.4 Å². The number of para-hydroxylation sites is 1. The SMILES string of the molecule is O=C([O-])c1ccccc1N1C(=O)C2C3C=CC(C3)C2C1=O. The van der Waals surface area contributed by atoms with Gasteiger partial charge in [0, 0.05) is 5.56 Å². The highest BCUT2D eigenvalue weighted by molar-refractivity contribution is 6.24. The van der Waals surface area contributed by atoms with Gasteiger partial charge in [-0.25, -0.2) is 4.90 Å². The molecule has 1 heterocycles. The number of anilines is 1. The van der Waals surface area contributed by atoms with Crippen molar-refractivity contribution >= 4 is 23.5 Å². The van der Waals surface area contributed by atoms with E-state index >= 15 is 0 Å². The van der Waals surface area contributed by atoms with Crippen molar-refractivity contribution in [3.63, 3.8) is 0 Å². The molecular weight excluding hydrogens is 270 g/mol. The van der Waals surface area contributed by atoms with Crippen LogP contribution in [-0.2, 0) is 9.59 Å². The van der Waals surface area contributed by atoms with Crippen LogP contribution in [0.25, 0.3) is 0 Å². The Morgan fingerprint density at radius 2 is 1.62 bits per heavy atom. The van der Waals surface area contributed by atoms with Gasteiger partial charge < -0.3 is 9.90 Å². The van der Waals surface area contributed by atoms with Gasteiger partial charge in [-0.3, -0.25) is 9.59 Å². The topological polar surface area (TPSA) is 77.5 Å². The number of carbonyl (C=O) groups is 3. The van der Waals surface area contributed by atoms with Crippen LogP contribution in [0.2, 0.25) is 0 Å². The van der Waals surface area contributed by atoms with Gasteiger partial charge >= 0.3 is 0 Å². The lowest BCUT2D eigenvalue weighted by Crippen LogP contribution is -2.35. The maximum Gasteiger partial charge on any atom is 0.238 e. The second-order valence-corrected chi connectivity index (χ2v) is 5.82. The van der Waals surface area contributed by atoms with E-state index in [0.29, 0.717) is 0 Å². The summed E-state index contributed by atoms with van der Waals surface area (Å²) in [6.45, 7) is 0. The van der Waals surface area contributed by atoms with Crippen LogP contribution in [0.15, 0.2) is 36.4 Å². The van der Waals surface area contributed by atoms with Crippen molar-refractivity contribution < 1.29 is 19.5 Å². The van der Waals surface area contributed by atoms with E-state index in [-0.39, 0.29) is 46.7 Å². The quantitative estimate of drug-likeness (QED) is 0.579. The van der Waals surface area contributed by atoms with E-state index < -0.39 is 5.97 Å². The van der Waals surface area contributed by atoms with Crippen molar-refractivity contribution in [3.05, 3.63) is 42.0 Å². The van der Waals surface area contributed by atoms with E-state index in [1.165, 1.54) is 12.1 Å². The number of imide groups is 1. The molecule has 1 saturated heterocycles. The largest absolute Gasteiger partial charge is 0.545 e. The molecule has 1 aromatic rings. The molecule has 2 bridgehead atoms. The average molecular weight is 282 g/mol. The minimum Gasteiger partial charge on any atom is -0.545 e. The highest BCUT2D eigenvalue weighted by Gasteiger charge is 2.59. The Morgan fingerprint density at radius 3 is 2.19 bits per heavy atom. The first-order valence-electron chi connectivity index (χ1n) is 6.96. The summed E-state index contributed by atoms with van der Waals surface area (Å²) in [6, 6.07) is 6.00. The number of carboxylic acid groups (broad SMARTS) is 1. The van der Waals surface area contributed by atoms with Crippen LogP contribution in [0.4, 0.5) is 5.69 Å². The summed E-state index contributed by atoms with van der Waals surface area (Å²) in [4.78, 5) is 37.5. The number of carboxylic acids is 1. The second-order valence-electron chi connectivity index (χ2n) is 5.82. The Balaban J connectivity index is 1.80. The van der Waals surface area contributed by atoms with Gasteiger partial charge in [0.2, 0.25) is 11.8 Å². The second kappa shape index (κ2) is 4.04. The molecule has 4 unspecified atom stereocenters. The maximum atomic E-state index is 12.6. The fraction of sp³-hybridized carbons (Fsp3) is 0.312. The molecule has 1 saturated carbocycles. The van der Waals surface area contributed by atoms with Gasteiger partial charge in [0.25, 0.3) is 0 Å². The molecule has 2 fully saturated rings. The third-order valence-electron chi connectivity index (χ3n) is 4.84. The zero-order chi connectivity index (χ0) is 14.7. The predicted molar refractivity (Wildman–Crippen MR) is 71.0 cm³/mol. The third-order valence-corrected chi connectivity index (χ3v) is 4.84. The van der Waals surface area contributed by atoms with Gasteiger partial charge in [0.15, 0.2) is 0 Å². The van der Waals surface area contributed by atoms with Gasteiger partial charge in [-0.2, -0.15) is 0 Å². The van der Waals surface area contributed by atoms with E-state index in [2.05, 4.69) is 0 Å². The minimum atomic E-state index is -1.38. The van der Waals surface area contributed by atoms with Crippen molar-refractivity contribution in [2.45, 2.75) is 6.42 Å². The molecule has 106 valence electrons. The number of aromatic carboxylic acids is 1. The Labute approximate surface area is 120 Å². The van der Waals surface area contributed by atoms with Crippen LogP contribution in [0.5, 0.6) is 0 Å². The Hall–Kier alpha value is -2.43. The zero-order valence-corrected chi connectivity index (χ0v) is 11.1. The summed E-state index contributed by atoms with van der Waals surface area (Å²) in [5.41, 5.74) is 0.000722. The van der Waals surface area contributed by atoms with Crippen LogP contribution in [0, 0.1) is 23.7 Å². The molecular formula is C16H12NO4-. The van der Waals surface area contributed by atoms with Crippen molar-refractivity contribution in [1.82, 2.24) is 0 Å². The number of amides is 2. The van der Waals surface area contributed by atoms with E-state index in [9.17, 15) is 19.5 Å². The summed E-state index contributed by atoms with van der Waals surface area (Å²) in [7, 11) is 0. The molecule has 0 radical (unpaired) electrons. The third kappa shape index (κ3) is 1.48. The Bertz CT molecular complexity index is 678. The number of fused-ring (bicyclic) bond motifs is 5. The summed E-state index contributed by atoms with van der Waals surface area (Å²) in [5, 5.41) is 11.2. The number of nitrogens with zero attached hydrogens (tertiary/aromatic N) is 1.